The highest BCUT2D eigenvalue weighted by Gasteiger charge is 2.39. The van der Waals surface area contributed by atoms with Crippen LogP contribution in [0.3, 0.4) is 0 Å². The standard InChI is InChI=1S/C26H30F4N2.C9H12O/c1-5-14-31-24(13-12-19(3)4)25(32-6-2,18-20-10-8-7-9-11-20)21-15-22(26(28,29)30)17-23(27)16-21;1-3-8-4-6-9(10-2)7-5-8/h6-13,15-17,19,32H,2,5,14,18H2,1,3-4H3;4-7H,3H2,1-2H3/b13-12-,31-24?;. The largest absolute Gasteiger partial charge is 0.497 e. The molecule has 1 unspecified atom stereocenters. The maximum absolute atomic E-state index is 14.5. The predicted molar refractivity (Wildman–Crippen MR) is 166 cm³/mol. The summed E-state index contributed by atoms with van der Waals surface area (Å²) in [7, 11) is 1.68. The van der Waals surface area contributed by atoms with E-state index in [-0.39, 0.29) is 17.9 Å². The van der Waals surface area contributed by atoms with Crippen LogP contribution in [0, 0.1) is 11.7 Å². The van der Waals surface area contributed by atoms with E-state index in [4.69, 9.17) is 9.73 Å². The molecule has 3 aromatic rings. The molecule has 1 N–H and O–H groups in total. The van der Waals surface area contributed by atoms with Crippen LogP contribution >= 0.6 is 0 Å². The van der Waals surface area contributed by atoms with E-state index >= 15 is 0 Å². The van der Waals surface area contributed by atoms with Crippen molar-refractivity contribution >= 4 is 5.71 Å². The van der Waals surface area contributed by atoms with E-state index in [2.05, 4.69) is 31.0 Å². The van der Waals surface area contributed by atoms with E-state index in [1.165, 1.54) is 11.8 Å². The molecule has 42 heavy (non-hydrogen) atoms. The lowest BCUT2D eigenvalue weighted by Gasteiger charge is -2.36. The summed E-state index contributed by atoms with van der Waals surface area (Å²) < 4.78 is 60.2. The summed E-state index contributed by atoms with van der Waals surface area (Å²) in [5, 5.41) is 3.15. The Morgan fingerprint density at radius 2 is 1.60 bits per heavy atom. The van der Waals surface area contributed by atoms with Crippen LogP contribution in [0.4, 0.5) is 17.6 Å². The number of aliphatic imine (C=N–C) groups is 1. The number of aryl methyl sites for hydroxylation is 1. The lowest BCUT2D eigenvalue weighted by atomic mass is 9.78. The van der Waals surface area contributed by atoms with Gasteiger partial charge in [0.05, 0.1) is 18.4 Å². The quantitative estimate of drug-likeness (QED) is 0.171. The molecular formula is C35H42F4N2O. The normalized spacial score (nSPS) is 13.3. The highest BCUT2D eigenvalue weighted by atomic mass is 19.4. The van der Waals surface area contributed by atoms with E-state index in [1.807, 2.05) is 75.4 Å². The van der Waals surface area contributed by atoms with Crippen LogP contribution < -0.4 is 10.1 Å². The minimum atomic E-state index is -4.68. The summed E-state index contributed by atoms with van der Waals surface area (Å²) in [5.41, 5.74) is 0.583. The smallest absolute Gasteiger partial charge is 0.416 e. The van der Waals surface area contributed by atoms with Gasteiger partial charge in [-0.3, -0.25) is 4.99 Å². The van der Waals surface area contributed by atoms with E-state index in [0.29, 0.717) is 18.3 Å². The number of nitrogens with zero attached hydrogens (tertiary/aromatic N) is 1. The van der Waals surface area contributed by atoms with Gasteiger partial charge in [-0.1, -0.05) is 82.8 Å². The lowest BCUT2D eigenvalue weighted by molar-refractivity contribution is -0.137. The number of rotatable bonds is 12. The van der Waals surface area contributed by atoms with Crippen molar-refractivity contribution in [1.29, 1.82) is 0 Å². The highest BCUT2D eigenvalue weighted by molar-refractivity contribution is 6.03. The van der Waals surface area contributed by atoms with Gasteiger partial charge >= 0.3 is 6.18 Å². The summed E-state index contributed by atoms with van der Waals surface area (Å²) in [4.78, 5) is 4.72. The van der Waals surface area contributed by atoms with Gasteiger partial charge in [0, 0.05) is 13.0 Å². The molecule has 226 valence electrons. The zero-order valence-corrected chi connectivity index (χ0v) is 25.1. The van der Waals surface area contributed by atoms with Gasteiger partial charge in [0.2, 0.25) is 0 Å². The van der Waals surface area contributed by atoms with Gasteiger partial charge in [0.1, 0.15) is 17.1 Å². The Balaban J connectivity index is 0.000000518. The van der Waals surface area contributed by atoms with Gasteiger partial charge in [-0.15, -0.1) is 0 Å². The molecule has 0 aliphatic carbocycles. The number of ether oxygens (including phenoxy) is 1. The zero-order valence-electron chi connectivity index (χ0n) is 25.1. The minimum Gasteiger partial charge on any atom is -0.497 e. The number of allylic oxidation sites excluding steroid dienone is 1. The van der Waals surface area contributed by atoms with Crippen molar-refractivity contribution in [2.45, 2.75) is 58.7 Å². The Labute approximate surface area is 248 Å². The maximum atomic E-state index is 14.5. The van der Waals surface area contributed by atoms with Gasteiger partial charge < -0.3 is 10.1 Å². The molecule has 0 saturated carbocycles. The summed E-state index contributed by atoms with van der Waals surface area (Å²) in [6.07, 6.45) is 2.59. The Kier molecular flexibility index (Phi) is 13.5. The molecule has 3 nitrogen and oxygen atoms in total. The van der Waals surface area contributed by atoms with Crippen molar-refractivity contribution in [2.24, 2.45) is 10.9 Å². The second-order valence-corrected chi connectivity index (χ2v) is 10.2. The lowest BCUT2D eigenvalue weighted by Crippen LogP contribution is -2.48. The number of benzene rings is 3. The number of hydrogen-bond acceptors (Lipinski definition) is 3. The van der Waals surface area contributed by atoms with Crippen molar-refractivity contribution in [3.8, 4) is 5.75 Å². The van der Waals surface area contributed by atoms with E-state index in [9.17, 15) is 17.6 Å². The van der Waals surface area contributed by atoms with E-state index in [0.717, 1.165) is 36.3 Å². The van der Waals surface area contributed by atoms with Crippen molar-refractivity contribution in [2.75, 3.05) is 13.7 Å². The predicted octanol–water partition coefficient (Wildman–Crippen LogP) is 9.34. The average molecular weight is 583 g/mol. The van der Waals surface area contributed by atoms with E-state index < -0.39 is 23.1 Å². The first-order valence-corrected chi connectivity index (χ1v) is 14.2. The second kappa shape index (κ2) is 16.5. The highest BCUT2D eigenvalue weighted by Crippen LogP contribution is 2.36. The maximum Gasteiger partial charge on any atom is 0.416 e. The first-order valence-electron chi connectivity index (χ1n) is 14.2. The second-order valence-electron chi connectivity index (χ2n) is 10.2. The van der Waals surface area contributed by atoms with Gasteiger partial charge in [-0.2, -0.15) is 13.2 Å². The Morgan fingerprint density at radius 1 is 0.952 bits per heavy atom. The van der Waals surface area contributed by atoms with E-state index in [1.54, 1.807) is 7.11 Å². The topological polar surface area (TPSA) is 33.6 Å². The van der Waals surface area contributed by atoms with Gasteiger partial charge in [0.25, 0.3) is 0 Å². The Bertz CT molecular complexity index is 1280. The number of methoxy groups -OCH3 is 1. The van der Waals surface area contributed by atoms with Crippen LogP contribution in [0.15, 0.2) is 103 Å². The fraction of sp³-hybridized carbons (Fsp3) is 0.343. The number of hydrogen-bond donors (Lipinski definition) is 1. The molecule has 0 saturated heterocycles. The monoisotopic (exact) mass is 582 g/mol. The summed E-state index contributed by atoms with van der Waals surface area (Å²) in [5.74, 6) is 0.163. The molecule has 3 rings (SSSR count). The molecular weight excluding hydrogens is 540 g/mol. The van der Waals surface area contributed by atoms with Crippen LogP contribution in [0.25, 0.3) is 0 Å². The Hall–Kier alpha value is -3.87. The molecule has 1 atom stereocenters. The number of halogens is 4. The molecule has 0 aliphatic heterocycles. The molecule has 0 spiro atoms. The third-order valence-electron chi connectivity index (χ3n) is 6.53. The van der Waals surface area contributed by atoms with Gasteiger partial charge in [0.15, 0.2) is 0 Å². The third-order valence-corrected chi connectivity index (χ3v) is 6.53. The summed E-state index contributed by atoms with van der Waals surface area (Å²) >= 11 is 0. The molecule has 0 fully saturated rings. The number of nitrogens with one attached hydrogen (secondary N) is 1. The van der Waals surface area contributed by atoms with Gasteiger partial charge in [-0.05, 0) is 78.1 Å². The molecule has 0 amide bonds. The first-order chi connectivity index (χ1) is 20.0. The Morgan fingerprint density at radius 3 is 2.12 bits per heavy atom. The molecule has 7 heteroatoms. The van der Waals surface area contributed by atoms with Crippen LogP contribution in [0.2, 0.25) is 0 Å². The first kappa shape index (κ1) is 34.3. The average Bonchev–Trinajstić information content (AvgIpc) is 2.97. The third kappa shape index (κ3) is 10.2. The molecule has 0 bridgehead atoms. The van der Waals surface area contributed by atoms with Crippen molar-refractivity contribution in [3.05, 3.63) is 126 Å². The zero-order chi connectivity index (χ0) is 31.2. The van der Waals surface area contributed by atoms with Crippen LogP contribution in [-0.4, -0.2) is 19.4 Å². The summed E-state index contributed by atoms with van der Waals surface area (Å²) in [6, 6.07) is 20.1. The van der Waals surface area contributed by atoms with Crippen LogP contribution in [0.5, 0.6) is 5.75 Å². The fourth-order valence-corrected chi connectivity index (χ4v) is 4.33. The molecule has 0 aromatic heterocycles. The van der Waals surface area contributed by atoms with Gasteiger partial charge in [-0.25, -0.2) is 4.39 Å². The number of alkyl halides is 3. The van der Waals surface area contributed by atoms with Crippen LogP contribution in [-0.2, 0) is 24.6 Å². The molecule has 0 heterocycles. The SMILES string of the molecule is C=CNC(Cc1ccccc1)(C(/C=C\C(C)C)=NCCC)c1cc(F)cc(C(F)(F)F)c1.CCc1ccc(OC)cc1. The fourth-order valence-electron chi connectivity index (χ4n) is 4.33. The molecule has 0 radical (unpaired) electrons. The summed E-state index contributed by atoms with van der Waals surface area (Å²) in [6.45, 7) is 12.3. The minimum absolute atomic E-state index is 0.136. The molecule has 3 aromatic carbocycles. The van der Waals surface area contributed by atoms with Crippen molar-refractivity contribution in [1.82, 2.24) is 5.32 Å². The molecule has 0 aliphatic rings. The van der Waals surface area contributed by atoms with Crippen LogP contribution in [0.1, 0.15) is 56.4 Å². The van der Waals surface area contributed by atoms with Crippen molar-refractivity contribution < 1.29 is 22.3 Å². The van der Waals surface area contributed by atoms with Crippen molar-refractivity contribution in [3.63, 3.8) is 0 Å².